The first-order valence-electron chi connectivity index (χ1n) is 5.15. The Kier molecular flexibility index (Phi) is 4.23. The van der Waals surface area contributed by atoms with Gasteiger partial charge in [-0.2, -0.15) is 0 Å². The highest BCUT2D eigenvalue weighted by atomic mass is 35.5. The number of aromatic nitrogens is 2. The third-order valence-corrected chi connectivity index (χ3v) is 3.52. The predicted octanol–water partition coefficient (Wildman–Crippen LogP) is 3.46. The van der Waals surface area contributed by atoms with Crippen molar-refractivity contribution in [2.24, 2.45) is 0 Å². The molecule has 1 aromatic carbocycles. The molecule has 0 saturated carbocycles. The maximum atomic E-state index is 6.09. The maximum absolute atomic E-state index is 6.09. The Labute approximate surface area is 110 Å². The van der Waals surface area contributed by atoms with Gasteiger partial charge < -0.3 is 5.32 Å². The second-order valence-electron chi connectivity index (χ2n) is 3.37. The van der Waals surface area contributed by atoms with Crippen molar-refractivity contribution in [3.8, 4) is 0 Å². The molecular formula is C12H12ClN3S. The van der Waals surface area contributed by atoms with Gasteiger partial charge in [0, 0.05) is 17.8 Å². The summed E-state index contributed by atoms with van der Waals surface area (Å²) in [4.78, 5) is 8.49. The van der Waals surface area contributed by atoms with Gasteiger partial charge in [-0.3, -0.25) is 4.98 Å². The highest BCUT2D eigenvalue weighted by Crippen LogP contribution is 2.25. The van der Waals surface area contributed by atoms with Gasteiger partial charge in [0.2, 0.25) is 0 Å². The number of nitrogens with one attached hydrogen (secondary N) is 1. The molecule has 0 aliphatic rings. The lowest BCUT2D eigenvalue weighted by molar-refractivity contribution is 1.05. The summed E-state index contributed by atoms with van der Waals surface area (Å²) >= 11 is 7.71. The molecule has 0 saturated heterocycles. The van der Waals surface area contributed by atoms with Crippen molar-refractivity contribution in [1.29, 1.82) is 0 Å². The second kappa shape index (κ2) is 5.89. The van der Waals surface area contributed by atoms with Gasteiger partial charge in [0.15, 0.2) is 0 Å². The summed E-state index contributed by atoms with van der Waals surface area (Å²) in [6, 6.07) is 7.83. The van der Waals surface area contributed by atoms with Crippen molar-refractivity contribution < 1.29 is 0 Å². The van der Waals surface area contributed by atoms with E-state index in [1.54, 1.807) is 24.2 Å². The molecule has 0 spiro atoms. The van der Waals surface area contributed by atoms with Crippen LogP contribution in [0.15, 0.2) is 41.7 Å². The van der Waals surface area contributed by atoms with Crippen LogP contribution in [0, 0.1) is 0 Å². The summed E-state index contributed by atoms with van der Waals surface area (Å²) in [7, 11) is 1.83. The second-order valence-corrected chi connectivity index (χ2v) is 4.78. The monoisotopic (exact) mass is 265 g/mol. The third kappa shape index (κ3) is 3.35. The lowest BCUT2D eigenvalue weighted by Crippen LogP contribution is -1.94. The summed E-state index contributed by atoms with van der Waals surface area (Å²) in [6.45, 7) is 0. The topological polar surface area (TPSA) is 37.8 Å². The third-order valence-electron chi connectivity index (χ3n) is 2.20. The van der Waals surface area contributed by atoms with E-state index in [9.17, 15) is 0 Å². The molecule has 1 heterocycles. The van der Waals surface area contributed by atoms with E-state index >= 15 is 0 Å². The highest BCUT2D eigenvalue weighted by molar-refractivity contribution is 7.98. The number of rotatable bonds is 4. The zero-order valence-corrected chi connectivity index (χ0v) is 10.9. The molecule has 3 nitrogen and oxygen atoms in total. The van der Waals surface area contributed by atoms with Gasteiger partial charge in [-0.1, -0.05) is 41.6 Å². The van der Waals surface area contributed by atoms with Crippen molar-refractivity contribution in [2.75, 3.05) is 12.4 Å². The van der Waals surface area contributed by atoms with Crippen LogP contribution in [-0.2, 0) is 5.75 Å². The molecule has 0 aliphatic carbocycles. The molecular weight excluding hydrogens is 254 g/mol. The van der Waals surface area contributed by atoms with Gasteiger partial charge in [-0.15, -0.1) is 0 Å². The minimum absolute atomic E-state index is 0.772. The van der Waals surface area contributed by atoms with Crippen LogP contribution in [0.3, 0.4) is 0 Å². The van der Waals surface area contributed by atoms with E-state index in [1.165, 1.54) is 0 Å². The lowest BCUT2D eigenvalue weighted by atomic mass is 10.2. The summed E-state index contributed by atoms with van der Waals surface area (Å²) in [5, 5.41) is 4.64. The Morgan fingerprint density at radius 3 is 2.88 bits per heavy atom. The first kappa shape index (κ1) is 12.2. The normalized spacial score (nSPS) is 10.2. The molecule has 0 amide bonds. The van der Waals surface area contributed by atoms with Crippen LogP contribution in [0.2, 0.25) is 5.02 Å². The summed E-state index contributed by atoms with van der Waals surface area (Å²) in [5.74, 6) is 1.57. The van der Waals surface area contributed by atoms with E-state index in [-0.39, 0.29) is 0 Å². The van der Waals surface area contributed by atoms with Crippen LogP contribution in [-0.4, -0.2) is 17.0 Å². The SMILES string of the molecule is CNc1cncc(SCc2ccccc2Cl)n1. The lowest BCUT2D eigenvalue weighted by Gasteiger charge is -2.04. The fourth-order valence-electron chi connectivity index (χ4n) is 1.31. The van der Waals surface area contributed by atoms with Crippen molar-refractivity contribution in [3.05, 3.63) is 47.2 Å². The van der Waals surface area contributed by atoms with Crippen molar-refractivity contribution in [1.82, 2.24) is 9.97 Å². The van der Waals surface area contributed by atoms with Crippen LogP contribution in [0.1, 0.15) is 5.56 Å². The first-order valence-corrected chi connectivity index (χ1v) is 6.52. The Bertz CT molecular complexity index is 505. The van der Waals surface area contributed by atoms with Gasteiger partial charge in [0.25, 0.3) is 0 Å². The predicted molar refractivity (Wildman–Crippen MR) is 72.6 cm³/mol. The van der Waals surface area contributed by atoms with E-state index in [4.69, 9.17) is 11.6 Å². The number of nitrogens with zero attached hydrogens (tertiary/aromatic N) is 2. The molecule has 0 atom stereocenters. The smallest absolute Gasteiger partial charge is 0.145 e. The highest BCUT2D eigenvalue weighted by Gasteiger charge is 2.02. The fraction of sp³-hybridized carbons (Fsp3) is 0.167. The molecule has 0 unspecified atom stereocenters. The molecule has 0 radical (unpaired) electrons. The molecule has 0 fully saturated rings. The van der Waals surface area contributed by atoms with Crippen molar-refractivity contribution >= 4 is 29.2 Å². The van der Waals surface area contributed by atoms with Gasteiger partial charge in [-0.25, -0.2) is 4.98 Å². The number of anilines is 1. The molecule has 0 aliphatic heterocycles. The summed E-state index contributed by atoms with van der Waals surface area (Å²) in [5.41, 5.74) is 1.11. The molecule has 1 aromatic heterocycles. The fourth-order valence-corrected chi connectivity index (χ4v) is 2.44. The molecule has 88 valence electrons. The Morgan fingerprint density at radius 2 is 2.12 bits per heavy atom. The number of hydrogen-bond acceptors (Lipinski definition) is 4. The summed E-state index contributed by atoms with van der Waals surface area (Å²) in [6.07, 6.45) is 3.45. The maximum Gasteiger partial charge on any atom is 0.145 e. The van der Waals surface area contributed by atoms with Crippen LogP contribution in [0.5, 0.6) is 0 Å². The number of halogens is 1. The van der Waals surface area contributed by atoms with E-state index in [1.807, 2.05) is 31.3 Å². The Morgan fingerprint density at radius 1 is 1.29 bits per heavy atom. The quantitative estimate of drug-likeness (QED) is 0.859. The van der Waals surface area contributed by atoms with Crippen molar-refractivity contribution in [2.45, 2.75) is 10.8 Å². The Balaban J connectivity index is 2.05. The summed E-state index contributed by atoms with van der Waals surface area (Å²) < 4.78 is 0. The Hall–Kier alpha value is -1.26. The molecule has 17 heavy (non-hydrogen) atoms. The van der Waals surface area contributed by atoms with Gasteiger partial charge in [0.05, 0.1) is 12.4 Å². The molecule has 2 rings (SSSR count). The van der Waals surface area contributed by atoms with Crippen LogP contribution in [0.4, 0.5) is 5.82 Å². The minimum atomic E-state index is 0.772. The van der Waals surface area contributed by atoms with E-state index < -0.39 is 0 Å². The standard InChI is InChI=1S/C12H12ClN3S/c1-14-11-6-15-7-12(16-11)17-8-9-4-2-3-5-10(9)13/h2-7H,8H2,1H3,(H,14,16). The van der Waals surface area contributed by atoms with Crippen LogP contribution >= 0.6 is 23.4 Å². The largest absolute Gasteiger partial charge is 0.372 e. The van der Waals surface area contributed by atoms with E-state index in [2.05, 4.69) is 15.3 Å². The van der Waals surface area contributed by atoms with E-state index in [0.717, 1.165) is 27.2 Å². The number of benzene rings is 1. The minimum Gasteiger partial charge on any atom is -0.372 e. The van der Waals surface area contributed by atoms with Crippen LogP contribution in [0.25, 0.3) is 0 Å². The zero-order chi connectivity index (χ0) is 12.1. The average molecular weight is 266 g/mol. The van der Waals surface area contributed by atoms with Crippen LogP contribution < -0.4 is 5.32 Å². The molecule has 1 N–H and O–H groups in total. The van der Waals surface area contributed by atoms with E-state index in [0.29, 0.717) is 0 Å². The van der Waals surface area contributed by atoms with Gasteiger partial charge in [-0.05, 0) is 11.6 Å². The molecule has 0 bridgehead atoms. The molecule has 5 heteroatoms. The zero-order valence-electron chi connectivity index (χ0n) is 9.35. The van der Waals surface area contributed by atoms with Gasteiger partial charge >= 0.3 is 0 Å². The average Bonchev–Trinajstić information content (AvgIpc) is 2.38. The number of thioether (sulfide) groups is 1. The molecule has 2 aromatic rings. The first-order chi connectivity index (χ1) is 8.29. The van der Waals surface area contributed by atoms with Gasteiger partial charge in [0.1, 0.15) is 10.8 Å². The van der Waals surface area contributed by atoms with Crippen molar-refractivity contribution in [3.63, 3.8) is 0 Å². The number of hydrogen-bond donors (Lipinski definition) is 1.